The molecule has 3 heterocycles. The van der Waals surface area contributed by atoms with Crippen molar-refractivity contribution in [2.75, 3.05) is 24.6 Å². The van der Waals surface area contributed by atoms with Crippen LogP contribution in [0.3, 0.4) is 0 Å². The molecule has 6 heteroatoms. The number of H-pyrrole nitrogens is 1. The van der Waals surface area contributed by atoms with Gasteiger partial charge in [-0.05, 0) is 27.2 Å². The van der Waals surface area contributed by atoms with Crippen LogP contribution in [0.15, 0.2) is 0 Å². The Hall–Kier alpha value is -1.14. The predicted octanol–water partition coefficient (Wildman–Crippen LogP) is 0.884. The molecule has 106 valence electrons. The van der Waals surface area contributed by atoms with Crippen LogP contribution in [0, 0.1) is 0 Å². The second-order valence-corrected chi connectivity index (χ2v) is 5.87. The summed E-state index contributed by atoms with van der Waals surface area (Å²) in [5, 5.41) is 11.0. The van der Waals surface area contributed by atoms with Gasteiger partial charge < -0.3 is 15.0 Å². The third-order valence-electron chi connectivity index (χ3n) is 4.06. The monoisotopic (exact) mass is 265 g/mol. The van der Waals surface area contributed by atoms with E-state index in [1.165, 1.54) is 0 Å². The Labute approximate surface area is 113 Å². The Kier molecular flexibility index (Phi) is 3.45. The van der Waals surface area contributed by atoms with Gasteiger partial charge in [-0.15, -0.1) is 5.10 Å². The number of nitrogens with zero attached hydrogens (tertiary/aromatic N) is 3. The minimum atomic E-state index is 0.238. The normalized spacial score (nSPS) is 35.8. The molecule has 2 aliphatic heterocycles. The maximum absolute atomic E-state index is 5.60. The molecule has 4 unspecified atom stereocenters. The molecule has 0 radical (unpaired) electrons. The molecule has 0 bridgehead atoms. The van der Waals surface area contributed by atoms with Gasteiger partial charge in [0.05, 0.1) is 6.10 Å². The van der Waals surface area contributed by atoms with E-state index in [9.17, 15) is 0 Å². The number of hydrogen-bond donors (Lipinski definition) is 2. The highest BCUT2D eigenvalue weighted by Crippen LogP contribution is 2.29. The number of piperazine rings is 1. The van der Waals surface area contributed by atoms with Crippen LogP contribution in [0.5, 0.6) is 0 Å². The van der Waals surface area contributed by atoms with Gasteiger partial charge in [0.1, 0.15) is 5.82 Å². The van der Waals surface area contributed by atoms with Crippen LogP contribution in [-0.2, 0) is 4.74 Å². The highest BCUT2D eigenvalue weighted by atomic mass is 16.5. The summed E-state index contributed by atoms with van der Waals surface area (Å²) in [4.78, 5) is 6.94. The highest BCUT2D eigenvalue weighted by Gasteiger charge is 2.30. The number of aromatic amines is 1. The zero-order valence-corrected chi connectivity index (χ0v) is 11.9. The fraction of sp³-hybridized carbons (Fsp3) is 0.846. The van der Waals surface area contributed by atoms with E-state index in [1.807, 2.05) is 0 Å². The average molecular weight is 265 g/mol. The van der Waals surface area contributed by atoms with E-state index in [-0.39, 0.29) is 6.10 Å². The molecule has 6 nitrogen and oxygen atoms in total. The van der Waals surface area contributed by atoms with Gasteiger partial charge in [0.15, 0.2) is 0 Å². The van der Waals surface area contributed by atoms with Crippen molar-refractivity contribution in [2.45, 2.75) is 51.3 Å². The van der Waals surface area contributed by atoms with E-state index in [0.717, 1.165) is 37.9 Å². The third-order valence-corrected chi connectivity index (χ3v) is 4.06. The van der Waals surface area contributed by atoms with Crippen molar-refractivity contribution >= 4 is 5.95 Å². The first-order valence-electron chi connectivity index (χ1n) is 7.18. The number of hydrogen-bond acceptors (Lipinski definition) is 5. The minimum Gasteiger partial charge on any atom is -0.378 e. The molecule has 0 aromatic carbocycles. The zero-order valence-electron chi connectivity index (χ0n) is 11.9. The summed E-state index contributed by atoms with van der Waals surface area (Å²) in [5.41, 5.74) is 0. The summed E-state index contributed by atoms with van der Waals surface area (Å²) in [6, 6.07) is 0.943. The summed E-state index contributed by atoms with van der Waals surface area (Å²) in [5.74, 6) is 2.16. The molecule has 0 spiro atoms. The van der Waals surface area contributed by atoms with Crippen LogP contribution in [0.2, 0.25) is 0 Å². The van der Waals surface area contributed by atoms with Crippen molar-refractivity contribution in [1.29, 1.82) is 0 Å². The van der Waals surface area contributed by atoms with Crippen LogP contribution in [0.25, 0.3) is 0 Å². The van der Waals surface area contributed by atoms with Crippen molar-refractivity contribution in [3.8, 4) is 0 Å². The Morgan fingerprint density at radius 3 is 2.58 bits per heavy atom. The molecular formula is C13H23N5O. The molecule has 1 aromatic heterocycles. The summed E-state index contributed by atoms with van der Waals surface area (Å²) in [6.07, 6.45) is 1.27. The maximum atomic E-state index is 5.60. The van der Waals surface area contributed by atoms with Crippen LogP contribution in [0.1, 0.15) is 38.9 Å². The molecule has 2 N–H and O–H groups in total. The lowest BCUT2D eigenvalue weighted by Gasteiger charge is -2.35. The Bertz CT molecular complexity index is 424. The molecular weight excluding hydrogens is 242 g/mol. The topological polar surface area (TPSA) is 66.1 Å². The van der Waals surface area contributed by atoms with Gasteiger partial charge in [-0.2, -0.15) is 4.98 Å². The Balaban J connectivity index is 1.73. The van der Waals surface area contributed by atoms with Gasteiger partial charge >= 0.3 is 0 Å². The Morgan fingerprint density at radius 2 is 1.95 bits per heavy atom. The Morgan fingerprint density at radius 1 is 1.21 bits per heavy atom. The van der Waals surface area contributed by atoms with Crippen molar-refractivity contribution in [2.24, 2.45) is 0 Å². The standard InChI is InChI=1S/C13H23N5O/c1-8-6-18(7-9(2)14-8)13-15-12(16-17-13)11-4-5-19-10(11)3/h8-11,14H,4-7H2,1-3H3,(H,15,16,17). The molecule has 2 aliphatic rings. The molecule has 19 heavy (non-hydrogen) atoms. The summed E-state index contributed by atoms with van der Waals surface area (Å²) in [6.45, 7) is 9.24. The summed E-state index contributed by atoms with van der Waals surface area (Å²) < 4.78 is 5.60. The smallest absolute Gasteiger partial charge is 0.244 e. The fourth-order valence-corrected chi connectivity index (χ4v) is 3.15. The first-order valence-corrected chi connectivity index (χ1v) is 7.18. The van der Waals surface area contributed by atoms with Gasteiger partial charge in [-0.25, -0.2) is 0 Å². The number of anilines is 1. The van der Waals surface area contributed by atoms with Crippen LogP contribution < -0.4 is 10.2 Å². The molecule has 3 rings (SSSR count). The van der Waals surface area contributed by atoms with E-state index >= 15 is 0 Å². The van der Waals surface area contributed by atoms with E-state index in [0.29, 0.717) is 18.0 Å². The third kappa shape index (κ3) is 2.60. The number of rotatable bonds is 2. The van der Waals surface area contributed by atoms with Gasteiger partial charge in [0.25, 0.3) is 0 Å². The molecule has 2 saturated heterocycles. The van der Waals surface area contributed by atoms with Gasteiger partial charge in [0, 0.05) is 37.7 Å². The van der Waals surface area contributed by atoms with Crippen molar-refractivity contribution in [3.63, 3.8) is 0 Å². The van der Waals surface area contributed by atoms with Crippen molar-refractivity contribution in [1.82, 2.24) is 20.5 Å². The maximum Gasteiger partial charge on any atom is 0.244 e. The molecule has 2 fully saturated rings. The summed E-state index contributed by atoms with van der Waals surface area (Å²) >= 11 is 0. The largest absolute Gasteiger partial charge is 0.378 e. The van der Waals surface area contributed by atoms with Gasteiger partial charge in [-0.1, -0.05) is 0 Å². The lowest BCUT2D eigenvalue weighted by Crippen LogP contribution is -2.54. The zero-order chi connectivity index (χ0) is 13.4. The quantitative estimate of drug-likeness (QED) is 0.831. The van der Waals surface area contributed by atoms with Crippen molar-refractivity contribution < 1.29 is 4.74 Å². The van der Waals surface area contributed by atoms with E-state index < -0.39 is 0 Å². The second-order valence-electron chi connectivity index (χ2n) is 5.87. The van der Waals surface area contributed by atoms with Crippen LogP contribution >= 0.6 is 0 Å². The predicted molar refractivity (Wildman–Crippen MR) is 73.4 cm³/mol. The molecule has 0 saturated carbocycles. The minimum absolute atomic E-state index is 0.238. The molecule has 4 atom stereocenters. The first-order chi connectivity index (χ1) is 9.13. The lowest BCUT2D eigenvalue weighted by atomic mass is 10.0. The van der Waals surface area contributed by atoms with Crippen LogP contribution in [0.4, 0.5) is 5.95 Å². The van der Waals surface area contributed by atoms with Crippen LogP contribution in [-0.4, -0.2) is 53.1 Å². The molecule has 1 aromatic rings. The average Bonchev–Trinajstić information content (AvgIpc) is 2.95. The van der Waals surface area contributed by atoms with Gasteiger partial charge in [-0.3, -0.25) is 5.10 Å². The fourth-order valence-electron chi connectivity index (χ4n) is 3.15. The number of ether oxygens (including phenoxy) is 1. The molecule has 0 aliphatic carbocycles. The number of nitrogens with one attached hydrogen (secondary N) is 2. The lowest BCUT2D eigenvalue weighted by molar-refractivity contribution is 0.117. The van der Waals surface area contributed by atoms with E-state index in [1.54, 1.807) is 0 Å². The number of aromatic nitrogens is 3. The molecule has 0 amide bonds. The van der Waals surface area contributed by atoms with E-state index in [4.69, 9.17) is 4.74 Å². The van der Waals surface area contributed by atoms with E-state index in [2.05, 4.69) is 46.2 Å². The van der Waals surface area contributed by atoms with Crippen molar-refractivity contribution in [3.05, 3.63) is 5.82 Å². The summed E-state index contributed by atoms with van der Waals surface area (Å²) in [7, 11) is 0. The van der Waals surface area contributed by atoms with Gasteiger partial charge in [0.2, 0.25) is 5.95 Å². The SMILES string of the molecule is CC1CN(c2n[nH]c(C3CCOC3C)n2)CC(C)N1. The first kappa shape index (κ1) is 12.9. The highest BCUT2D eigenvalue weighted by molar-refractivity contribution is 5.31. The second kappa shape index (κ2) is 5.09.